The van der Waals surface area contributed by atoms with Crippen molar-refractivity contribution < 1.29 is 0 Å². The predicted octanol–water partition coefficient (Wildman–Crippen LogP) is 0.0502. The van der Waals surface area contributed by atoms with Crippen LogP contribution in [0.4, 0.5) is 17.8 Å². The molecule has 1 fully saturated rings. The molecular formula is C12H23N7. The molecule has 2 rings (SSSR count). The molecule has 1 aliphatic rings. The summed E-state index contributed by atoms with van der Waals surface area (Å²) < 4.78 is 0. The Morgan fingerprint density at radius 1 is 1.21 bits per heavy atom. The molecule has 7 heteroatoms. The molecular weight excluding hydrogens is 242 g/mol. The minimum absolute atomic E-state index is 0.264. The van der Waals surface area contributed by atoms with E-state index < -0.39 is 0 Å². The summed E-state index contributed by atoms with van der Waals surface area (Å²) in [5.41, 5.74) is 5.74. The van der Waals surface area contributed by atoms with Crippen LogP contribution in [0, 0.1) is 0 Å². The van der Waals surface area contributed by atoms with Gasteiger partial charge in [-0.15, -0.1) is 0 Å². The molecule has 7 nitrogen and oxygen atoms in total. The minimum Gasteiger partial charge on any atom is -0.368 e. The van der Waals surface area contributed by atoms with Crippen LogP contribution in [0.25, 0.3) is 0 Å². The van der Waals surface area contributed by atoms with Crippen LogP contribution in [0.15, 0.2) is 0 Å². The lowest BCUT2D eigenvalue weighted by atomic mass is 10.2. The van der Waals surface area contributed by atoms with Gasteiger partial charge in [0.2, 0.25) is 17.8 Å². The van der Waals surface area contributed by atoms with Crippen LogP contribution >= 0.6 is 0 Å². The van der Waals surface area contributed by atoms with E-state index in [2.05, 4.69) is 31.8 Å². The molecule has 0 aliphatic carbocycles. The lowest BCUT2D eigenvalue weighted by Gasteiger charge is -2.26. The van der Waals surface area contributed by atoms with Crippen molar-refractivity contribution in [3.8, 4) is 0 Å². The molecule has 0 saturated carbocycles. The molecule has 1 aliphatic heterocycles. The van der Waals surface area contributed by atoms with Crippen molar-refractivity contribution in [2.75, 3.05) is 56.8 Å². The van der Waals surface area contributed by atoms with Gasteiger partial charge in [-0.3, -0.25) is 0 Å². The van der Waals surface area contributed by atoms with Gasteiger partial charge >= 0.3 is 0 Å². The molecule has 106 valence electrons. The molecule has 0 aromatic carbocycles. The number of hydrogen-bond donors (Lipinski definition) is 1. The van der Waals surface area contributed by atoms with E-state index in [1.807, 2.05) is 26.0 Å². The second-order valence-corrected chi connectivity index (χ2v) is 5.35. The second kappa shape index (κ2) is 5.56. The molecule has 1 atom stereocenters. The minimum atomic E-state index is 0.264. The predicted molar refractivity (Wildman–Crippen MR) is 77.5 cm³/mol. The quantitative estimate of drug-likeness (QED) is 0.824. The van der Waals surface area contributed by atoms with Crippen LogP contribution in [0.3, 0.4) is 0 Å². The smallest absolute Gasteiger partial charge is 0.231 e. The highest BCUT2D eigenvalue weighted by molar-refractivity contribution is 5.42. The SMILES string of the molecule is CN(C)c1nc(N)nc(N(C)CC2CCCN2C)n1. The van der Waals surface area contributed by atoms with Gasteiger partial charge in [-0.05, 0) is 26.4 Å². The monoisotopic (exact) mass is 265 g/mol. The molecule has 1 saturated heterocycles. The van der Waals surface area contributed by atoms with Crippen LogP contribution in [-0.4, -0.2) is 67.2 Å². The summed E-state index contributed by atoms with van der Waals surface area (Å²) in [4.78, 5) is 19.0. The highest BCUT2D eigenvalue weighted by Gasteiger charge is 2.23. The largest absolute Gasteiger partial charge is 0.368 e. The van der Waals surface area contributed by atoms with Gasteiger partial charge in [0, 0.05) is 33.7 Å². The fourth-order valence-corrected chi connectivity index (χ4v) is 2.35. The summed E-state index contributed by atoms with van der Waals surface area (Å²) in [6.45, 7) is 2.08. The third kappa shape index (κ3) is 3.23. The standard InChI is InChI=1S/C12H23N7/c1-17(2)11-14-10(13)15-12(16-11)19(4)8-9-6-5-7-18(9)3/h9H,5-8H2,1-4H3,(H2,13,14,15,16). The zero-order chi connectivity index (χ0) is 14.0. The molecule has 0 bridgehead atoms. The summed E-state index contributed by atoms with van der Waals surface area (Å²) in [5.74, 6) is 1.49. The number of hydrogen-bond acceptors (Lipinski definition) is 7. The van der Waals surface area contributed by atoms with E-state index >= 15 is 0 Å². The Labute approximate surface area is 114 Å². The maximum absolute atomic E-state index is 5.74. The number of nitrogens with zero attached hydrogens (tertiary/aromatic N) is 6. The Morgan fingerprint density at radius 2 is 1.89 bits per heavy atom. The van der Waals surface area contributed by atoms with Crippen molar-refractivity contribution >= 4 is 17.8 Å². The molecule has 1 unspecified atom stereocenters. The molecule has 0 radical (unpaired) electrons. The van der Waals surface area contributed by atoms with E-state index in [-0.39, 0.29) is 5.95 Å². The first-order valence-electron chi connectivity index (χ1n) is 6.57. The van der Waals surface area contributed by atoms with E-state index in [0.29, 0.717) is 17.9 Å². The Morgan fingerprint density at radius 3 is 2.47 bits per heavy atom. The van der Waals surface area contributed by atoms with Crippen molar-refractivity contribution in [1.82, 2.24) is 19.9 Å². The Bertz CT molecular complexity index is 434. The third-order valence-corrected chi connectivity index (χ3v) is 3.53. The number of rotatable bonds is 4. The van der Waals surface area contributed by atoms with Crippen molar-refractivity contribution in [2.45, 2.75) is 18.9 Å². The molecule has 0 spiro atoms. The van der Waals surface area contributed by atoms with Crippen LogP contribution in [0.5, 0.6) is 0 Å². The van der Waals surface area contributed by atoms with E-state index in [1.165, 1.54) is 19.4 Å². The van der Waals surface area contributed by atoms with Gasteiger partial charge in [-0.2, -0.15) is 15.0 Å². The van der Waals surface area contributed by atoms with Crippen molar-refractivity contribution in [3.05, 3.63) is 0 Å². The number of anilines is 3. The van der Waals surface area contributed by atoms with Gasteiger partial charge in [0.25, 0.3) is 0 Å². The summed E-state index contributed by atoms with van der Waals surface area (Å²) in [5, 5.41) is 0. The van der Waals surface area contributed by atoms with Crippen LogP contribution in [0.2, 0.25) is 0 Å². The number of nitrogens with two attached hydrogens (primary N) is 1. The summed E-state index contributed by atoms with van der Waals surface area (Å²) in [7, 11) is 7.95. The lowest BCUT2D eigenvalue weighted by molar-refractivity contribution is 0.313. The maximum Gasteiger partial charge on any atom is 0.231 e. The van der Waals surface area contributed by atoms with Crippen molar-refractivity contribution in [1.29, 1.82) is 0 Å². The summed E-state index contributed by atoms with van der Waals surface area (Å²) in [6, 6.07) is 0.561. The first-order valence-corrected chi connectivity index (χ1v) is 6.57. The van der Waals surface area contributed by atoms with E-state index in [1.54, 1.807) is 0 Å². The van der Waals surface area contributed by atoms with Crippen molar-refractivity contribution in [2.24, 2.45) is 0 Å². The molecule has 1 aromatic rings. The van der Waals surface area contributed by atoms with Crippen LogP contribution in [0.1, 0.15) is 12.8 Å². The van der Waals surface area contributed by atoms with Gasteiger partial charge in [0.1, 0.15) is 0 Å². The fraction of sp³-hybridized carbons (Fsp3) is 0.750. The van der Waals surface area contributed by atoms with Crippen LogP contribution in [-0.2, 0) is 0 Å². The normalized spacial score (nSPS) is 19.7. The zero-order valence-electron chi connectivity index (χ0n) is 12.2. The van der Waals surface area contributed by atoms with Gasteiger partial charge in [-0.25, -0.2) is 0 Å². The Kier molecular flexibility index (Phi) is 4.04. The van der Waals surface area contributed by atoms with E-state index in [9.17, 15) is 0 Å². The number of aromatic nitrogens is 3. The van der Waals surface area contributed by atoms with Gasteiger partial charge in [0.05, 0.1) is 0 Å². The molecule has 1 aromatic heterocycles. The highest BCUT2D eigenvalue weighted by Crippen LogP contribution is 2.18. The Balaban J connectivity index is 2.11. The molecule has 19 heavy (non-hydrogen) atoms. The van der Waals surface area contributed by atoms with Crippen LogP contribution < -0.4 is 15.5 Å². The number of likely N-dealkylation sites (tertiary alicyclic amines) is 1. The van der Waals surface area contributed by atoms with E-state index in [0.717, 1.165) is 6.54 Å². The lowest BCUT2D eigenvalue weighted by Crippen LogP contribution is -2.37. The van der Waals surface area contributed by atoms with Gasteiger partial charge in [-0.1, -0.05) is 0 Å². The second-order valence-electron chi connectivity index (χ2n) is 5.35. The van der Waals surface area contributed by atoms with Gasteiger partial charge < -0.3 is 20.4 Å². The maximum atomic E-state index is 5.74. The van der Waals surface area contributed by atoms with Crippen molar-refractivity contribution in [3.63, 3.8) is 0 Å². The molecule has 0 amide bonds. The summed E-state index contributed by atoms with van der Waals surface area (Å²) in [6.07, 6.45) is 2.49. The molecule has 2 N–H and O–H groups in total. The number of likely N-dealkylation sites (N-methyl/N-ethyl adjacent to an activating group) is 2. The highest BCUT2D eigenvalue weighted by atomic mass is 15.3. The van der Waals surface area contributed by atoms with Gasteiger partial charge in [0.15, 0.2) is 0 Å². The summed E-state index contributed by atoms with van der Waals surface area (Å²) >= 11 is 0. The molecule has 2 heterocycles. The first kappa shape index (κ1) is 13.8. The average Bonchev–Trinajstić information content (AvgIpc) is 2.74. The average molecular weight is 265 g/mol. The fourth-order valence-electron chi connectivity index (χ4n) is 2.35. The number of nitrogen functional groups attached to an aromatic ring is 1. The zero-order valence-corrected chi connectivity index (χ0v) is 12.2. The van der Waals surface area contributed by atoms with E-state index in [4.69, 9.17) is 5.73 Å². The first-order chi connectivity index (χ1) is 8.97. The Hall–Kier alpha value is -1.63. The third-order valence-electron chi connectivity index (χ3n) is 3.53. The topological polar surface area (TPSA) is 74.4 Å².